The van der Waals surface area contributed by atoms with Crippen LogP contribution in [-0.4, -0.2) is 41.6 Å². The van der Waals surface area contributed by atoms with E-state index in [1.807, 2.05) is 12.2 Å². The van der Waals surface area contributed by atoms with E-state index in [2.05, 4.69) is 27.6 Å². The van der Waals surface area contributed by atoms with Crippen LogP contribution in [0.5, 0.6) is 0 Å². The second kappa shape index (κ2) is 13.5. The Kier molecular flexibility index (Phi) is 11.9. The Morgan fingerprint density at radius 2 is 1.93 bits per heavy atom. The summed E-state index contributed by atoms with van der Waals surface area (Å²) >= 11 is 3.23. The summed E-state index contributed by atoms with van der Waals surface area (Å²) in [4.78, 5) is 35.6. The SMILES string of the molecule is CCCCC/C=C\C[C@@]1(O)C=C(Br)C(=O)[C@@H]1C(/C=C\CCCC(=O)OC)OC(C)=O. The van der Waals surface area contributed by atoms with Crippen LogP contribution in [0.1, 0.15) is 65.2 Å². The number of unbranched alkanes of at least 4 members (excludes halogenated alkanes) is 4. The molecule has 1 aliphatic rings. The van der Waals surface area contributed by atoms with Gasteiger partial charge in [0.25, 0.3) is 0 Å². The van der Waals surface area contributed by atoms with Crippen LogP contribution in [0.2, 0.25) is 0 Å². The lowest BCUT2D eigenvalue weighted by atomic mass is 9.82. The highest BCUT2D eigenvalue weighted by molar-refractivity contribution is 9.12. The van der Waals surface area contributed by atoms with Crippen LogP contribution < -0.4 is 0 Å². The summed E-state index contributed by atoms with van der Waals surface area (Å²) in [5, 5.41) is 11.2. The van der Waals surface area contributed by atoms with E-state index in [0.29, 0.717) is 12.8 Å². The van der Waals surface area contributed by atoms with Crippen LogP contribution in [0.25, 0.3) is 0 Å². The van der Waals surface area contributed by atoms with Crippen LogP contribution in [0.3, 0.4) is 0 Å². The first kappa shape index (κ1) is 26.3. The summed E-state index contributed by atoms with van der Waals surface area (Å²) in [6.07, 6.45) is 13.8. The molecule has 6 nitrogen and oxygen atoms in total. The topological polar surface area (TPSA) is 89.9 Å². The van der Waals surface area contributed by atoms with Gasteiger partial charge in [-0.3, -0.25) is 14.4 Å². The van der Waals surface area contributed by atoms with Crippen LogP contribution in [0.4, 0.5) is 0 Å². The van der Waals surface area contributed by atoms with Gasteiger partial charge in [0, 0.05) is 13.3 Å². The molecule has 0 aromatic carbocycles. The van der Waals surface area contributed by atoms with Crippen LogP contribution in [-0.2, 0) is 23.9 Å². The molecule has 0 radical (unpaired) electrons. The highest BCUT2D eigenvalue weighted by Crippen LogP contribution is 2.40. The lowest BCUT2D eigenvalue weighted by Crippen LogP contribution is -2.44. The molecule has 168 valence electrons. The van der Waals surface area contributed by atoms with Crippen molar-refractivity contribution in [1.29, 1.82) is 0 Å². The second-order valence-corrected chi connectivity index (χ2v) is 8.32. The zero-order valence-corrected chi connectivity index (χ0v) is 19.7. The molecular formula is C23H33BrO6. The monoisotopic (exact) mass is 484 g/mol. The highest BCUT2D eigenvalue weighted by Gasteiger charge is 2.50. The van der Waals surface area contributed by atoms with E-state index in [1.54, 1.807) is 12.2 Å². The van der Waals surface area contributed by atoms with Gasteiger partial charge in [-0.15, -0.1) is 0 Å². The molecule has 30 heavy (non-hydrogen) atoms. The molecular weight excluding hydrogens is 452 g/mol. The van der Waals surface area contributed by atoms with E-state index in [0.717, 1.165) is 25.7 Å². The first-order valence-electron chi connectivity index (χ1n) is 10.5. The third-order valence-electron chi connectivity index (χ3n) is 4.95. The fourth-order valence-electron chi connectivity index (χ4n) is 3.38. The summed E-state index contributed by atoms with van der Waals surface area (Å²) in [6.45, 7) is 3.41. The summed E-state index contributed by atoms with van der Waals surface area (Å²) in [5.41, 5.74) is -1.45. The summed E-state index contributed by atoms with van der Waals surface area (Å²) in [7, 11) is 1.34. The minimum absolute atomic E-state index is 0.249. The number of ketones is 1. The molecule has 0 aliphatic heterocycles. The number of methoxy groups -OCH3 is 1. The number of rotatable bonds is 13. The molecule has 0 heterocycles. The minimum Gasteiger partial charge on any atom is -0.469 e. The van der Waals surface area contributed by atoms with Crippen molar-refractivity contribution >= 4 is 33.7 Å². The number of esters is 2. The van der Waals surface area contributed by atoms with E-state index in [4.69, 9.17) is 4.74 Å². The molecule has 1 N–H and O–H groups in total. The van der Waals surface area contributed by atoms with Crippen molar-refractivity contribution in [2.24, 2.45) is 5.92 Å². The fourth-order valence-corrected chi connectivity index (χ4v) is 4.03. The van der Waals surface area contributed by atoms with Crippen molar-refractivity contribution < 1.29 is 29.0 Å². The molecule has 0 amide bonds. The maximum atomic E-state index is 12.7. The number of carbonyl (C=O) groups excluding carboxylic acids is 3. The van der Waals surface area contributed by atoms with Crippen molar-refractivity contribution in [1.82, 2.24) is 0 Å². The number of hydrogen-bond donors (Lipinski definition) is 1. The number of allylic oxidation sites excluding steroid dienone is 3. The molecule has 7 heteroatoms. The normalized spacial score (nSPS) is 22.5. The zero-order valence-electron chi connectivity index (χ0n) is 18.1. The van der Waals surface area contributed by atoms with Gasteiger partial charge in [-0.1, -0.05) is 38.0 Å². The van der Waals surface area contributed by atoms with E-state index in [9.17, 15) is 19.5 Å². The van der Waals surface area contributed by atoms with Gasteiger partial charge in [0.2, 0.25) is 0 Å². The number of carbonyl (C=O) groups is 3. The van der Waals surface area contributed by atoms with Crippen LogP contribution in [0, 0.1) is 5.92 Å². The lowest BCUT2D eigenvalue weighted by molar-refractivity contribution is -0.152. The smallest absolute Gasteiger partial charge is 0.305 e. The molecule has 0 spiro atoms. The van der Waals surface area contributed by atoms with Gasteiger partial charge in [0.05, 0.1) is 17.5 Å². The highest BCUT2D eigenvalue weighted by atomic mass is 79.9. The maximum absolute atomic E-state index is 12.7. The second-order valence-electron chi connectivity index (χ2n) is 7.47. The largest absolute Gasteiger partial charge is 0.469 e. The number of hydrogen-bond acceptors (Lipinski definition) is 6. The van der Waals surface area contributed by atoms with E-state index in [-0.39, 0.29) is 29.1 Å². The lowest BCUT2D eigenvalue weighted by Gasteiger charge is -2.31. The Hall–Kier alpha value is -1.73. The number of aliphatic hydroxyl groups is 1. The molecule has 1 aliphatic carbocycles. The van der Waals surface area contributed by atoms with E-state index in [1.165, 1.54) is 20.1 Å². The Labute approximate surface area is 187 Å². The quantitative estimate of drug-likeness (QED) is 0.234. The van der Waals surface area contributed by atoms with Crippen molar-refractivity contribution in [3.05, 3.63) is 34.9 Å². The first-order chi connectivity index (χ1) is 14.2. The molecule has 0 aromatic rings. The molecule has 3 atom stereocenters. The average molecular weight is 485 g/mol. The summed E-state index contributed by atoms with van der Waals surface area (Å²) in [5.74, 6) is -2.07. The van der Waals surface area contributed by atoms with Gasteiger partial charge in [0.15, 0.2) is 5.78 Å². The molecule has 1 rings (SSSR count). The first-order valence-corrected chi connectivity index (χ1v) is 11.2. The van der Waals surface area contributed by atoms with Crippen LogP contribution in [0.15, 0.2) is 34.9 Å². The minimum atomic E-state index is -1.45. The van der Waals surface area contributed by atoms with Crippen molar-refractivity contribution in [3.8, 4) is 0 Å². The Bertz CT molecular complexity index is 681. The van der Waals surface area contributed by atoms with Crippen molar-refractivity contribution in [3.63, 3.8) is 0 Å². The predicted molar refractivity (Wildman–Crippen MR) is 119 cm³/mol. The number of Topliss-reactive ketones (excluding diaryl/α,β-unsaturated/α-hetero) is 1. The Balaban J connectivity index is 2.88. The molecule has 0 saturated carbocycles. The predicted octanol–water partition coefficient (Wildman–Crippen LogP) is 4.55. The van der Waals surface area contributed by atoms with Crippen molar-refractivity contribution in [2.45, 2.75) is 76.9 Å². The van der Waals surface area contributed by atoms with Crippen molar-refractivity contribution in [2.75, 3.05) is 7.11 Å². The van der Waals surface area contributed by atoms with Gasteiger partial charge >= 0.3 is 11.9 Å². The molecule has 0 fully saturated rings. The summed E-state index contributed by atoms with van der Waals surface area (Å²) < 4.78 is 10.3. The third kappa shape index (κ3) is 8.56. The molecule has 0 bridgehead atoms. The molecule has 1 unspecified atom stereocenters. The number of ether oxygens (including phenoxy) is 2. The molecule has 0 saturated heterocycles. The molecule has 0 aromatic heterocycles. The van der Waals surface area contributed by atoms with Gasteiger partial charge < -0.3 is 14.6 Å². The summed E-state index contributed by atoms with van der Waals surface area (Å²) in [6, 6.07) is 0. The third-order valence-corrected chi connectivity index (χ3v) is 5.57. The standard InChI is InChI=1S/C23H33BrO6/c1-4-5-6-7-8-12-15-23(28)16-18(24)22(27)21(23)19(30-17(2)25)13-10-9-11-14-20(26)29-3/h8,10,12-13,16,19,21,28H,4-7,9,11,14-15H2,1-3H3/b12-8-,13-10-/t19?,21-,23+/m0/s1. The van der Waals surface area contributed by atoms with Gasteiger partial charge in [0.1, 0.15) is 11.7 Å². The zero-order chi connectivity index (χ0) is 22.6. The van der Waals surface area contributed by atoms with E-state index >= 15 is 0 Å². The fraction of sp³-hybridized carbons (Fsp3) is 0.609. The van der Waals surface area contributed by atoms with E-state index < -0.39 is 23.6 Å². The number of halogens is 1. The van der Waals surface area contributed by atoms with Gasteiger partial charge in [-0.2, -0.15) is 0 Å². The van der Waals surface area contributed by atoms with Gasteiger partial charge in [-0.05, 0) is 60.2 Å². The van der Waals surface area contributed by atoms with Gasteiger partial charge in [-0.25, -0.2) is 0 Å². The maximum Gasteiger partial charge on any atom is 0.305 e. The Morgan fingerprint density at radius 3 is 2.57 bits per heavy atom. The van der Waals surface area contributed by atoms with Crippen LogP contribution >= 0.6 is 15.9 Å². The Morgan fingerprint density at radius 1 is 1.23 bits per heavy atom. The average Bonchev–Trinajstić information content (AvgIpc) is 2.91.